The Morgan fingerprint density at radius 3 is 2.50 bits per heavy atom. The van der Waals surface area contributed by atoms with Crippen molar-refractivity contribution in [2.45, 2.75) is 38.0 Å². The van der Waals surface area contributed by atoms with Gasteiger partial charge in [-0.15, -0.1) is 0 Å². The zero-order chi connectivity index (χ0) is 12.8. The van der Waals surface area contributed by atoms with E-state index < -0.39 is 11.7 Å². The summed E-state index contributed by atoms with van der Waals surface area (Å²) in [6.45, 7) is 0. The zero-order valence-electron chi connectivity index (χ0n) is 9.78. The second kappa shape index (κ2) is 4.14. The number of aromatic nitrogens is 1. The number of alkyl halides is 3. The molecule has 2 fully saturated rings. The van der Waals surface area contributed by atoms with E-state index in [9.17, 15) is 13.2 Å². The maximum absolute atomic E-state index is 12.4. The van der Waals surface area contributed by atoms with E-state index in [4.69, 9.17) is 4.74 Å². The molecule has 1 aromatic heterocycles. The summed E-state index contributed by atoms with van der Waals surface area (Å²) >= 11 is 0. The maximum Gasteiger partial charge on any atom is 0.417 e. The first-order chi connectivity index (χ1) is 8.52. The Kier molecular flexibility index (Phi) is 2.72. The highest BCUT2D eigenvalue weighted by Gasteiger charge is 2.41. The van der Waals surface area contributed by atoms with Gasteiger partial charge in [-0.3, -0.25) is 0 Å². The van der Waals surface area contributed by atoms with Crippen LogP contribution in [0.2, 0.25) is 0 Å². The molecule has 0 aliphatic heterocycles. The van der Waals surface area contributed by atoms with E-state index in [-0.39, 0.29) is 6.10 Å². The minimum atomic E-state index is -4.34. The summed E-state index contributed by atoms with van der Waals surface area (Å²) in [5.74, 6) is 1.62. The van der Waals surface area contributed by atoms with Crippen molar-refractivity contribution in [1.29, 1.82) is 0 Å². The minimum Gasteiger partial charge on any atom is -0.474 e. The number of hydrogen-bond acceptors (Lipinski definition) is 2. The molecule has 2 nitrogen and oxygen atoms in total. The van der Waals surface area contributed by atoms with Crippen molar-refractivity contribution in [1.82, 2.24) is 4.98 Å². The van der Waals surface area contributed by atoms with Gasteiger partial charge < -0.3 is 4.74 Å². The third kappa shape index (κ3) is 2.18. The quantitative estimate of drug-likeness (QED) is 0.806. The van der Waals surface area contributed by atoms with E-state index in [2.05, 4.69) is 4.98 Å². The fraction of sp³-hybridized carbons (Fsp3) is 0.615. The van der Waals surface area contributed by atoms with Gasteiger partial charge in [0.05, 0.1) is 5.56 Å². The molecule has 3 rings (SSSR count). The lowest BCUT2D eigenvalue weighted by Gasteiger charge is -2.22. The molecule has 2 aliphatic rings. The average Bonchev–Trinajstić information content (AvgIpc) is 2.90. The van der Waals surface area contributed by atoms with Crippen LogP contribution in [0, 0.1) is 11.8 Å². The van der Waals surface area contributed by atoms with Crippen molar-refractivity contribution in [2.75, 3.05) is 0 Å². The molecular weight excluding hydrogens is 243 g/mol. The number of pyridine rings is 1. The van der Waals surface area contributed by atoms with Crippen LogP contribution in [0.15, 0.2) is 18.3 Å². The molecule has 0 N–H and O–H groups in total. The molecule has 0 aromatic carbocycles. The second-order valence-corrected chi connectivity index (χ2v) is 5.21. The van der Waals surface area contributed by atoms with E-state index in [1.165, 1.54) is 25.3 Å². The fourth-order valence-corrected chi connectivity index (χ4v) is 3.10. The standard InChI is InChI=1S/C13H14F3NO/c14-13(15,16)10-3-4-12(17-7-10)18-11-6-8-1-2-9(11)5-8/h3-4,7-9,11H,1-2,5-6H2. The van der Waals surface area contributed by atoms with Crippen molar-refractivity contribution < 1.29 is 17.9 Å². The van der Waals surface area contributed by atoms with Crippen LogP contribution >= 0.6 is 0 Å². The summed E-state index contributed by atoms with van der Waals surface area (Å²) in [6, 6.07) is 2.34. The number of hydrogen-bond donors (Lipinski definition) is 0. The van der Waals surface area contributed by atoms with E-state index >= 15 is 0 Å². The van der Waals surface area contributed by atoms with Crippen molar-refractivity contribution in [3.8, 4) is 5.88 Å². The van der Waals surface area contributed by atoms with Crippen LogP contribution in [0.1, 0.15) is 31.2 Å². The lowest BCUT2D eigenvalue weighted by Crippen LogP contribution is -2.23. The highest BCUT2D eigenvalue weighted by molar-refractivity contribution is 5.20. The van der Waals surface area contributed by atoms with Gasteiger partial charge >= 0.3 is 6.18 Å². The second-order valence-electron chi connectivity index (χ2n) is 5.21. The Bertz CT molecular complexity index is 429. The molecule has 0 spiro atoms. The Morgan fingerprint density at radius 1 is 1.17 bits per heavy atom. The van der Waals surface area contributed by atoms with Gasteiger partial charge in [0.25, 0.3) is 0 Å². The van der Waals surface area contributed by atoms with Gasteiger partial charge in [0.15, 0.2) is 0 Å². The SMILES string of the molecule is FC(F)(F)c1ccc(OC2CC3CCC2C3)nc1. The fourth-order valence-electron chi connectivity index (χ4n) is 3.10. The first-order valence-electron chi connectivity index (χ1n) is 6.22. The summed E-state index contributed by atoms with van der Waals surface area (Å²) in [5, 5.41) is 0. The van der Waals surface area contributed by atoms with Crippen LogP contribution in [0.4, 0.5) is 13.2 Å². The molecule has 0 amide bonds. The van der Waals surface area contributed by atoms with Crippen molar-refractivity contribution in [3.63, 3.8) is 0 Å². The van der Waals surface area contributed by atoms with Gasteiger partial charge in [-0.05, 0) is 43.6 Å². The molecule has 5 heteroatoms. The van der Waals surface area contributed by atoms with E-state index in [0.717, 1.165) is 24.6 Å². The number of halogens is 3. The Morgan fingerprint density at radius 2 is 2.00 bits per heavy atom. The smallest absolute Gasteiger partial charge is 0.417 e. The molecule has 2 bridgehead atoms. The predicted molar refractivity (Wildman–Crippen MR) is 59.1 cm³/mol. The van der Waals surface area contributed by atoms with Gasteiger partial charge in [0.1, 0.15) is 6.10 Å². The molecule has 1 heterocycles. The third-order valence-electron chi connectivity index (χ3n) is 4.01. The largest absolute Gasteiger partial charge is 0.474 e. The molecule has 18 heavy (non-hydrogen) atoms. The Labute approximate surface area is 103 Å². The normalized spacial score (nSPS) is 30.7. The molecule has 98 valence electrons. The van der Waals surface area contributed by atoms with E-state index in [1.807, 2.05) is 0 Å². The minimum absolute atomic E-state index is 0.146. The topological polar surface area (TPSA) is 22.1 Å². The summed E-state index contributed by atoms with van der Waals surface area (Å²) in [4.78, 5) is 3.75. The highest BCUT2D eigenvalue weighted by Crippen LogP contribution is 2.45. The molecule has 3 atom stereocenters. The lowest BCUT2D eigenvalue weighted by molar-refractivity contribution is -0.137. The molecule has 0 saturated heterocycles. The molecule has 0 radical (unpaired) electrons. The van der Waals surface area contributed by atoms with Crippen LogP contribution in [-0.2, 0) is 6.18 Å². The number of fused-ring (bicyclic) bond motifs is 2. The lowest BCUT2D eigenvalue weighted by atomic mass is 9.98. The molecule has 1 aromatic rings. The van der Waals surface area contributed by atoms with E-state index in [0.29, 0.717) is 11.8 Å². The van der Waals surface area contributed by atoms with Crippen LogP contribution < -0.4 is 4.74 Å². The van der Waals surface area contributed by atoms with Crippen LogP contribution in [0.25, 0.3) is 0 Å². The van der Waals surface area contributed by atoms with E-state index in [1.54, 1.807) is 0 Å². The first-order valence-corrected chi connectivity index (χ1v) is 6.22. The first kappa shape index (κ1) is 11.8. The Balaban J connectivity index is 1.67. The third-order valence-corrected chi connectivity index (χ3v) is 4.01. The predicted octanol–water partition coefficient (Wildman–Crippen LogP) is 3.67. The van der Waals surface area contributed by atoms with Crippen molar-refractivity contribution in [3.05, 3.63) is 23.9 Å². The number of rotatable bonds is 2. The highest BCUT2D eigenvalue weighted by atomic mass is 19.4. The monoisotopic (exact) mass is 257 g/mol. The van der Waals surface area contributed by atoms with Gasteiger partial charge in [0, 0.05) is 12.3 Å². The number of ether oxygens (including phenoxy) is 1. The van der Waals surface area contributed by atoms with Crippen LogP contribution in [0.3, 0.4) is 0 Å². The summed E-state index contributed by atoms with van der Waals surface area (Å²) in [7, 11) is 0. The van der Waals surface area contributed by atoms with Crippen LogP contribution in [0.5, 0.6) is 5.88 Å². The number of nitrogens with zero attached hydrogens (tertiary/aromatic N) is 1. The zero-order valence-corrected chi connectivity index (χ0v) is 9.78. The summed E-state index contributed by atoms with van der Waals surface area (Å²) < 4.78 is 42.8. The van der Waals surface area contributed by atoms with Gasteiger partial charge in [0.2, 0.25) is 5.88 Å². The maximum atomic E-state index is 12.4. The van der Waals surface area contributed by atoms with Gasteiger partial charge in [-0.2, -0.15) is 13.2 Å². The average molecular weight is 257 g/mol. The summed E-state index contributed by atoms with van der Waals surface area (Å²) in [5.41, 5.74) is -0.734. The Hall–Kier alpha value is -1.26. The molecular formula is C13H14F3NO. The molecule has 3 unspecified atom stereocenters. The molecule has 2 aliphatic carbocycles. The summed E-state index contributed by atoms with van der Waals surface area (Å²) in [6.07, 6.45) is 1.31. The van der Waals surface area contributed by atoms with Gasteiger partial charge in [-0.1, -0.05) is 0 Å². The molecule has 2 saturated carbocycles. The van der Waals surface area contributed by atoms with Crippen molar-refractivity contribution in [2.24, 2.45) is 11.8 Å². The van der Waals surface area contributed by atoms with Crippen LogP contribution in [-0.4, -0.2) is 11.1 Å². The van der Waals surface area contributed by atoms with Crippen molar-refractivity contribution >= 4 is 0 Å². The van der Waals surface area contributed by atoms with Gasteiger partial charge in [-0.25, -0.2) is 4.98 Å².